The first-order chi connectivity index (χ1) is 8.02. The van der Waals surface area contributed by atoms with Gasteiger partial charge in [-0.25, -0.2) is 4.79 Å². The third kappa shape index (κ3) is 4.34. The predicted molar refractivity (Wildman–Crippen MR) is 62.6 cm³/mol. The van der Waals surface area contributed by atoms with Gasteiger partial charge in [0.15, 0.2) is 0 Å². The Bertz CT molecular complexity index is 274. The lowest BCUT2D eigenvalue weighted by Crippen LogP contribution is -2.40. The fourth-order valence-electron chi connectivity index (χ4n) is 1.92. The van der Waals surface area contributed by atoms with Crippen LogP contribution in [0.15, 0.2) is 0 Å². The van der Waals surface area contributed by atoms with Gasteiger partial charge in [-0.2, -0.15) is 0 Å². The van der Waals surface area contributed by atoms with E-state index in [0.717, 1.165) is 32.5 Å². The Morgan fingerprint density at radius 1 is 1.41 bits per heavy atom. The molecule has 1 saturated heterocycles. The first-order valence-electron chi connectivity index (χ1n) is 6.08. The molecule has 0 aromatic rings. The molecule has 0 spiro atoms. The van der Waals surface area contributed by atoms with Crippen molar-refractivity contribution in [3.05, 3.63) is 0 Å². The van der Waals surface area contributed by atoms with Crippen LogP contribution >= 0.6 is 0 Å². The number of rotatable bonds is 5. The lowest BCUT2D eigenvalue weighted by molar-refractivity contribution is -0.148. The SMILES string of the molecule is CC(C(=O)O)N(C)C(=O)CCC1CCOCC1. The topological polar surface area (TPSA) is 66.8 Å². The van der Waals surface area contributed by atoms with Gasteiger partial charge in [-0.3, -0.25) is 4.79 Å². The highest BCUT2D eigenvalue weighted by atomic mass is 16.5. The summed E-state index contributed by atoms with van der Waals surface area (Å²) in [7, 11) is 1.55. The second kappa shape index (κ2) is 6.59. The molecule has 5 nitrogen and oxygen atoms in total. The Morgan fingerprint density at radius 3 is 2.53 bits per heavy atom. The van der Waals surface area contributed by atoms with E-state index in [-0.39, 0.29) is 5.91 Å². The largest absolute Gasteiger partial charge is 0.480 e. The smallest absolute Gasteiger partial charge is 0.326 e. The fourth-order valence-corrected chi connectivity index (χ4v) is 1.92. The van der Waals surface area contributed by atoms with Crippen LogP contribution in [-0.4, -0.2) is 48.2 Å². The lowest BCUT2D eigenvalue weighted by Gasteiger charge is -2.24. The monoisotopic (exact) mass is 243 g/mol. The highest BCUT2D eigenvalue weighted by Gasteiger charge is 2.22. The molecule has 1 fully saturated rings. The van der Waals surface area contributed by atoms with Crippen LogP contribution in [0.4, 0.5) is 0 Å². The zero-order valence-corrected chi connectivity index (χ0v) is 10.5. The second-order valence-electron chi connectivity index (χ2n) is 4.61. The van der Waals surface area contributed by atoms with Crippen molar-refractivity contribution in [1.82, 2.24) is 4.90 Å². The minimum atomic E-state index is -0.966. The molecule has 17 heavy (non-hydrogen) atoms. The molecule has 1 atom stereocenters. The molecule has 0 aliphatic carbocycles. The summed E-state index contributed by atoms with van der Waals surface area (Å²) in [4.78, 5) is 23.8. The molecule has 1 unspecified atom stereocenters. The summed E-state index contributed by atoms with van der Waals surface area (Å²) in [6, 6.07) is -0.753. The van der Waals surface area contributed by atoms with Crippen molar-refractivity contribution in [3.63, 3.8) is 0 Å². The molecular formula is C12H21NO4. The van der Waals surface area contributed by atoms with E-state index < -0.39 is 12.0 Å². The normalized spacial score (nSPS) is 18.7. The molecule has 5 heteroatoms. The molecule has 1 rings (SSSR count). The molecule has 0 bridgehead atoms. The Hall–Kier alpha value is -1.10. The average Bonchev–Trinajstić information content (AvgIpc) is 2.35. The lowest BCUT2D eigenvalue weighted by atomic mass is 9.94. The molecule has 1 aliphatic heterocycles. The zero-order valence-electron chi connectivity index (χ0n) is 10.5. The van der Waals surface area contributed by atoms with Crippen LogP contribution in [0.25, 0.3) is 0 Å². The van der Waals surface area contributed by atoms with Gasteiger partial charge in [0.05, 0.1) is 0 Å². The number of carboxylic acids is 1. The number of hydrogen-bond donors (Lipinski definition) is 1. The van der Waals surface area contributed by atoms with Gasteiger partial charge < -0.3 is 14.7 Å². The Kier molecular flexibility index (Phi) is 5.41. The van der Waals surface area contributed by atoms with Gasteiger partial charge in [-0.15, -0.1) is 0 Å². The van der Waals surface area contributed by atoms with Crippen LogP contribution in [0.1, 0.15) is 32.6 Å². The summed E-state index contributed by atoms with van der Waals surface area (Å²) < 4.78 is 5.25. The highest BCUT2D eigenvalue weighted by molar-refractivity contribution is 5.83. The summed E-state index contributed by atoms with van der Waals surface area (Å²) in [6.45, 7) is 3.08. The molecule has 0 radical (unpaired) electrons. The molecule has 0 saturated carbocycles. The minimum absolute atomic E-state index is 0.0913. The number of likely N-dealkylation sites (N-methyl/N-ethyl adjacent to an activating group) is 1. The number of carboxylic acid groups (broad SMARTS) is 1. The summed E-state index contributed by atoms with van der Waals surface area (Å²) in [5.41, 5.74) is 0. The van der Waals surface area contributed by atoms with Gasteiger partial charge in [0.25, 0.3) is 0 Å². The number of hydrogen-bond acceptors (Lipinski definition) is 3. The fraction of sp³-hybridized carbons (Fsp3) is 0.833. The molecule has 1 heterocycles. The van der Waals surface area contributed by atoms with E-state index >= 15 is 0 Å². The molecular weight excluding hydrogens is 222 g/mol. The quantitative estimate of drug-likeness (QED) is 0.786. The third-order valence-corrected chi connectivity index (χ3v) is 3.44. The first kappa shape index (κ1) is 14.0. The van der Waals surface area contributed by atoms with Gasteiger partial charge >= 0.3 is 5.97 Å². The van der Waals surface area contributed by atoms with Crippen molar-refractivity contribution in [3.8, 4) is 0 Å². The summed E-state index contributed by atoms with van der Waals surface area (Å²) in [5, 5.41) is 8.81. The predicted octanol–water partition coefficient (Wildman–Crippen LogP) is 1.12. The van der Waals surface area contributed by atoms with E-state index in [9.17, 15) is 9.59 Å². The molecule has 0 aromatic carbocycles. The van der Waals surface area contributed by atoms with E-state index in [1.54, 1.807) is 7.05 Å². The van der Waals surface area contributed by atoms with Gasteiger partial charge in [0, 0.05) is 26.7 Å². The third-order valence-electron chi connectivity index (χ3n) is 3.44. The number of ether oxygens (including phenoxy) is 1. The molecule has 1 amide bonds. The Balaban J connectivity index is 2.30. The van der Waals surface area contributed by atoms with Crippen LogP contribution < -0.4 is 0 Å². The van der Waals surface area contributed by atoms with Crippen molar-refractivity contribution in [2.24, 2.45) is 5.92 Å². The maximum Gasteiger partial charge on any atom is 0.326 e. The van der Waals surface area contributed by atoms with Crippen LogP contribution in [0.3, 0.4) is 0 Å². The molecule has 1 N–H and O–H groups in total. The van der Waals surface area contributed by atoms with Gasteiger partial charge in [-0.1, -0.05) is 0 Å². The summed E-state index contributed by atoms with van der Waals surface area (Å²) in [5.74, 6) is -0.514. The van der Waals surface area contributed by atoms with Gasteiger partial charge in [0.1, 0.15) is 6.04 Å². The van der Waals surface area contributed by atoms with Crippen LogP contribution in [0.5, 0.6) is 0 Å². The van der Waals surface area contributed by atoms with Crippen molar-refractivity contribution in [2.75, 3.05) is 20.3 Å². The van der Waals surface area contributed by atoms with Gasteiger partial charge in [-0.05, 0) is 32.1 Å². The number of carbonyl (C=O) groups excluding carboxylic acids is 1. The van der Waals surface area contributed by atoms with Crippen molar-refractivity contribution in [1.29, 1.82) is 0 Å². The molecule has 98 valence electrons. The van der Waals surface area contributed by atoms with Gasteiger partial charge in [0.2, 0.25) is 5.91 Å². The minimum Gasteiger partial charge on any atom is -0.480 e. The summed E-state index contributed by atoms with van der Waals surface area (Å²) >= 11 is 0. The van der Waals surface area contributed by atoms with E-state index in [0.29, 0.717) is 12.3 Å². The zero-order chi connectivity index (χ0) is 12.8. The standard InChI is InChI=1S/C12H21NO4/c1-9(12(15)16)13(2)11(14)4-3-10-5-7-17-8-6-10/h9-10H,3-8H2,1-2H3,(H,15,16). The van der Waals surface area contributed by atoms with Crippen LogP contribution in [0, 0.1) is 5.92 Å². The summed E-state index contributed by atoms with van der Waals surface area (Å²) in [6.07, 6.45) is 3.27. The number of carbonyl (C=O) groups is 2. The highest BCUT2D eigenvalue weighted by Crippen LogP contribution is 2.20. The maximum absolute atomic E-state index is 11.8. The number of amides is 1. The van der Waals surface area contributed by atoms with Crippen LogP contribution in [0.2, 0.25) is 0 Å². The van der Waals surface area contributed by atoms with E-state index in [1.807, 2.05) is 0 Å². The van der Waals surface area contributed by atoms with E-state index in [1.165, 1.54) is 11.8 Å². The maximum atomic E-state index is 11.8. The van der Waals surface area contributed by atoms with Crippen molar-refractivity contribution >= 4 is 11.9 Å². The first-order valence-corrected chi connectivity index (χ1v) is 6.08. The molecule has 0 aromatic heterocycles. The van der Waals surface area contributed by atoms with E-state index in [4.69, 9.17) is 9.84 Å². The Labute approximate surface area is 102 Å². The van der Waals surface area contributed by atoms with E-state index in [2.05, 4.69) is 0 Å². The number of nitrogens with zero attached hydrogens (tertiary/aromatic N) is 1. The second-order valence-corrected chi connectivity index (χ2v) is 4.61. The van der Waals surface area contributed by atoms with Crippen LogP contribution in [-0.2, 0) is 14.3 Å². The average molecular weight is 243 g/mol. The molecule has 1 aliphatic rings. The van der Waals surface area contributed by atoms with Crippen molar-refractivity contribution < 1.29 is 19.4 Å². The van der Waals surface area contributed by atoms with Crippen molar-refractivity contribution in [2.45, 2.75) is 38.6 Å². The Morgan fingerprint density at radius 2 is 2.00 bits per heavy atom. The number of aliphatic carboxylic acids is 1.